The van der Waals surface area contributed by atoms with Crippen LogP contribution in [0.25, 0.3) is 0 Å². The zero-order valence-electron chi connectivity index (χ0n) is 15.0. The van der Waals surface area contributed by atoms with Crippen LogP contribution in [-0.4, -0.2) is 24.4 Å². The fourth-order valence-electron chi connectivity index (χ4n) is 2.61. The molecule has 24 heavy (non-hydrogen) atoms. The summed E-state index contributed by atoms with van der Waals surface area (Å²) < 4.78 is 11.2. The fourth-order valence-corrected chi connectivity index (χ4v) is 2.61. The van der Waals surface area contributed by atoms with Crippen LogP contribution < -0.4 is 4.74 Å². The predicted octanol–water partition coefficient (Wildman–Crippen LogP) is 5.04. The third-order valence-corrected chi connectivity index (χ3v) is 4.06. The lowest BCUT2D eigenvalue weighted by molar-refractivity contribution is -0.00343. The molecule has 1 rings (SSSR count). The first-order chi connectivity index (χ1) is 11.7. The van der Waals surface area contributed by atoms with Gasteiger partial charge in [-0.3, -0.25) is 0 Å². The van der Waals surface area contributed by atoms with Crippen LogP contribution in [0.4, 0.5) is 0 Å². The van der Waals surface area contributed by atoms with Crippen molar-refractivity contribution in [2.75, 3.05) is 7.11 Å². The Morgan fingerprint density at radius 1 is 1.04 bits per heavy atom. The number of allylic oxidation sites excluding steroid dienone is 2. The van der Waals surface area contributed by atoms with Crippen LogP contribution in [0.5, 0.6) is 5.75 Å². The molecule has 0 unspecified atom stereocenters. The standard InChI is InChI=1S/C21H32O3/c1-4-6-8-10-19(22)16-21(11-9-7-5-2)24-17-18-12-14-20(23-3)15-13-18/h4-5,12-15,19,21-22H,1-2,6-11,16-17H2,3H3/t19-,21-/m0/s1. The van der Waals surface area contributed by atoms with Gasteiger partial charge in [0.15, 0.2) is 0 Å². The van der Waals surface area contributed by atoms with Crippen molar-refractivity contribution in [2.24, 2.45) is 0 Å². The van der Waals surface area contributed by atoms with E-state index in [-0.39, 0.29) is 12.2 Å². The Hall–Kier alpha value is -1.58. The van der Waals surface area contributed by atoms with E-state index in [1.807, 2.05) is 36.4 Å². The van der Waals surface area contributed by atoms with Gasteiger partial charge >= 0.3 is 0 Å². The van der Waals surface area contributed by atoms with E-state index in [2.05, 4.69) is 13.2 Å². The normalized spacial score (nSPS) is 13.2. The van der Waals surface area contributed by atoms with Crippen LogP contribution in [0.3, 0.4) is 0 Å². The van der Waals surface area contributed by atoms with Crippen molar-refractivity contribution in [1.29, 1.82) is 0 Å². The lowest BCUT2D eigenvalue weighted by atomic mass is 10.0. The molecule has 1 N–H and O–H groups in total. The third-order valence-electron chi connectivity index (χ3n) is 4.06. The number of aliphatic hydroxyl groups excluding tert-OH is 1. The third kappa shape index (κ3) is 8.90. The summed E-state index contributed by atoms with van der Waals surface area (Å²) in [5.74, 6) is 0.846. The number of rotatable bonds is 14. The van der Waals surface area contributed by atoms with E-state index >= 15 is 0 Å². The summed E-state index contributed by atoms with van der Waals surface area (Å²) in [6, 6.07) is 7.91. The number of aliphatic hydroxyl groups is 1. The van der Waals surface area contributed by atoms with E-state index in [1.54, 1.807) is 7.11 Å². The van der Waals surface area contributed by atoms with Gasteiger partial charge in [-0.25, -0.2) is 0 Å². The Morgan fingerprint density at radius 2 is 1.67 bits per heavy atom. The molecule has 0 amide bonds. The molecule has 0 fully saturated rings. The van der Waals surface area contributed by atoms with Crippen LogP contribution in [0.15, 0.2) is 49.6 Å². The highest BCUT2D eigenvalue weighted by Crippen LogP contribution is 2.18. The molecule has 2 atom stereocenters. The van der Waals surface area contributed by atoms with Crippen molar-refractivity contribution in [1.82, 2.24) is 0 Å². The number of hydrogen-bond donors (Lipinski definition) is 1. The molecule has 1 aromatic carbocycles. The van der Waals surface area contributed by atoms with Gasteiger partial charge in [0.1, 0.15) is 5.75 Å². The number of methoxy groups -OCH3 is 1. The topological polar surface area (TPSA) is 38.7 Å². The molecule has 0 spiro atoms. The Balaban J connectivity index is 2.46. The molecule has 0 aliphatic rings. The molecule has 0 aliphatic carbocycles. The highest BCUT2D eigenvalue weighted by Gasteiger charge is 2.15. The summed E-state index contributed by atoms with van der Waals surface area (Å²) in [4.78, 5) is 0. The largest absolute Gasteiger partial charge is 0.497 e. The Morgan fingerprint density at radius 3 is 2.25 bits per heavy atom. The molecular weight excluding hydrogens is 300 g/mol. The quantitative estimate of drug-likeness (QED) is 0.383. The van der Waals surface area contributed by atoms with Crippen molar-refractivity contribution in [3.8, 4) is 5.75 Å². The van der Waals surface area contributed by atoms with E-state index in [4.69, 9.17) is 9.47 Å². The zero-order chi connectivity index (χ0) is 17.6. The van der Waals surface area contributed by atoms with Gasteiger partial charge in [-0.1, -0.05) is 24.3 Å². The van der Waals surface area contributed by atoms with Gasteiger partial charge in [-0.15, -0.1) is 13.2 Å². The van der Waals surface area contributed by atoms with Crippen molar-refractivity contribution >= 4 is 0 Å². The summed E-state index contributed by atoms with van der Waals surface area (Å²) in [6.07, 6.45) is 9.97. The molecule has 0 saturated carbocycles. The molecule has 0 saturated heterocycles. The number of unbranched alkanes of at least 4 members (excludes halogenated alkanes) is 2. The molecule has 134 valence electrons. The highest BCUT2D eigenvalue weighted by molar-refractivity contribution is 5.26. The van der Waals surface area contributed by atoms with Gasteiger partial charge in [-0.05, 0) is 62.6 Å². The first-order valence-corrected chi connectivity index (χ1v) is 8.84. The summed E-state index contributed by atoms with van der Waals surface area (Å²) in [5.41, 5.74) is 1.12. The zero-order valence-corrected chi connectivity index (χ0v) is 15.0. The second-order valence-electron chi connectivity index (χ2n) is 6.11. The second-order valence-corrected chi connectivity index (χ2v) is 6.11. The molecule has 0 bridgehead atoms. The van der Waals surface area contributed by atoms with Crippen molar-refractivity contribution < 1.29 is 14.6 Å². The van der Waals surface area contributed by atoms with E-state index in [0.717, 1.165) is 49.8 Å². The van der Waals surface area contributed by atoms with Crippen molar-refractivity contribution in [3.05, 3.63) is 55.1 Å². The molecular formula is C21H32O3. The van der Waals surface area contributed by atoms with E-state index in [1.165, 1.54) is 0 Å². The van der Waals surface area contributed by atoms with Gasteiger partial charge in [0.2, 0.25) is 0 Å². The van der Waals surface area contributed by atoms with E-state index in [9.17, 15) is 5.11 Å². The molecule has 3 heteroatoms. The highest BCUT2D eigenvalue weighted by atomic mass is 16.5. The van der Waals surface area contributed by atoms with Crippen LogP contribution in [0.1, 0.15) is 50.5 Å². The number of benzene rings is 1. The molecule has 0 heterocycles. The van der Waals surface area contributed by atoms with Crippen LogP contribution in [0.2, 0.25) is 0 Å². The maximum Gasteiger partial charge on any atom is 0.118 e. The average molecular weight is 332 g/mol. The van der Waals surface area contributed by atoms with Crippen LogP contribution in [-0.2, 0) is 11.3 Å². The fraction of sp³-hybridized carbons (Fsp3) is 0.524. The maximum absolute atomic E-state index is 10.2. The van der Waals surface area contributed by atoms with Gasteiger partial charge < -0.3 is 14.6 Å². The maximum atomic E-state index is 10.2. The Kier molecular flexibility index (Phi) is 10.9. The average Bonchev–Trinajstić information content (AvgIpc) is 2.60. The number of hydrogen-bond acceptors (Lipinski definition) is 3. The van der Waals surface area contributed by atoms with Crippen molar-refractivity contribution in [2.45, 2.75) is 63.8 Å². The van der Waals surface area contributed by atoms with Gasteiger partial charge in [0.25, 0.3) is 0 Å². The minimum absolute atomic E-state index is 0.0748. The summed E-state index contributed by atoms with van der Waals surface area (Å²) >= 11 is 0. The first kappa shape index (κ1) is 20.5. The molecule has 3 nitrogen and oxygen atoms in total. The van der Waals surface area contributed by atoms with Crippen molar-refractivity contribution in [3.63, 3.8) is 0 Å². The van der Waals surface area contributed by atoms with Gasteiger partial charge in [-0.2, -0.15) is 0 Å². The Bertz CT molecular complexity index is 453. The lowest BCUT2D eigenvalue weighted by Gasteiger charge is -2.21. The lowest BCUT2D eigenvalue weighted by Crippen LogP contribution is -2.21. The van der Waals surface area contributed by atoms with E-state index in [0.29, 0.717) is 13.0 Å². The minimum atomic E-state index is -0.311. The summed E-state index contributed by atoms with van der Waals surface area (Å²) in [6.45, 7) is 8.04. The molecule has 1 aromatic rings. The SMILES string of the molecule is C=CCCC[C@H](O)C[C@H](CCCC=C)OCc1ccc(OC)cc1. The van der Waals surface area contributed by atoms with Crippen LogP contribution >= 0.6 is 0 Å². The van der Waals surface area contributed by atoms with E-state index < -0.39 is 0 Å². The van der Waals surface area contributed by atoms with Gasteiger partial charge in [0.05, 0.1) is 25.9 Å². The predicted molar refractivity (Wildman–Crippen MR) is 100 cm³/mol. The first-order valence-electron chi connectivity index (χ1n) is 8.84. The molecule has 0 aliphatic heterocycles. The summed E-state index contributed by atoms with van der Waals surface area (Å²) in [5, 5.41) is 10.2. The van der Waals surface area contributed by atoms with Gasteiger partial charge in [0, 0.05) is 0 Å². The van der Waals surface area contributed by atoms with Crippen LogP contribution in [0, 0.1) is 0 Å². The monoisotopic (exact) mass is 332 g/mol. The smallest absolute Gasteiger partial charge is 0.118 e. The Labute approximate surface area is 147 Å². The minimum Gasteiger partial charge on any atom is -0.497 e. The second kappa shape index (κ2) is 12.8. The molecule has 0 aromatic heterocycles. The summed E-state index contributed by atoms with van der Waals surface area (Å²) in [7, 11) is 1.66. The number of ether oxygens (including phenoxy) is 2. The molecule has 0 radical (unpaired) electrons.